The molecule has 1 rings (SSSR count). The van der Waals surface area contributed by atoms with Gasteiger partial charge in [0.15, 0.2) is 0 Å². The van der Waals surface area contributed by atoms with E-state index in [0.717, 1.165) is 17.9 Å². The van der Waals surface area contributed by atoms with Gasteiger partial charge in [-0.3, -0.25) is 4.55 Å². The normalized spacial score (nSPS) is 11.3. The first-order valence-electron chi connectivity index (χ1n) is 5.31. The highest BCUT2D eigenvalue weighted by molar-refractivity contribution is 7.85. The second-order valence-electron chi connectivity index (χ2n) is 3.94. The second-order valence-corrected chi connectivity index (χ2v) is 5.36. The largest absolute Gasteiger partial charge is 0.375 e. The highest BCUT2D eigenvalue weighted by atomic mass is 32.2. The molecule has 0 unspecified atom stereocenters. The van der Waals surface area contributed by atoms with Gasteiger partial charge < -0.3 is 9.80 Å². The van der Waals surface area contributed by atoms with E-state index in [9.17, 15) is 8.42 Å². The van der Waals surface area contributed by atoms with Crippen LogP contribution in [0.1, 0.15) is 6.92 Å². The van der Waals surface area contributed by atoms with Gasteiger partial charge in [-0.25, -0.2) is 0 Å². The van der Waals surface area contributed by atoms with Crippen LogP contribution in [-0.2, 0) is 10.1 Å². The molecule has 0 radical (unpaired) electrons. The van der Waals surface area contributed by atoms with Crippen LogP contribution in [0.25, 0.3) is 0 Å². The van der Waals surface area contributed by atoms with E-state index in [1.54, 1.807) is 7.05 Å². The van der Waals surface area contributed by atoms with Gasteiger partial charge in [0.1, 0.15) is 5.88 Å². The summed E-state index contributed by atoms with van der Waals surface area (Å²) in [5.41, 5.74) is 1.81. The predicted molar refractivity (Wildman–Crippen MR) is 70.2 cm³/mol. The highest BCUT2D eigenvalue weighted by Gasteiger charge is 2.10. The van der Waals surface area contributed by atoms with Crippen LogP contribution >= 0.6 is 0 Å². The maximum absolute atomic E-state index is 10.7. The molecule has 0 aliphatic carbocycles. The summed E-state index contributed by atoms with van der Waals surface area (Å²) < 4.78 is 30.2. The summed E-state index contributed by atoms with van der Waals surface area (Å²) >= 11 is 0. The molecule has 0 saturated carbocycles. The Morgan fingerprint density at radius 1 is 1.06 bits per heavy atom. The number of benzene rings is 1. The minimum absolute atomic E-state index is 0.407. The zero-order valence-electron chi connectivity index (χ0n) is 10.3. The zero-order chi connectivity index (χ0) is 13.1. The molecule has 6 heteroatoms. The van der Waals surface area contributed by atoms with Crippen molar-refractivity contribution in [1.29, 1.82) is 0 Å². The summed E-state index contributed by atoms with van der Waals surface area (Å²) in [6.07, 6.45) is 0. The lowest BCUT2D eigenvalue weighted by Crippen LogP contribution is -2.25. The van der Waals surface area contributed by atoms with Crippen molar-refractivity contribution in [3.8, 4) is 0 Å². The molecule has 0 heterocycles. The van der Waals surface area contributed by atoms with Crippen LogP contribution in [-0.4, -0.2) is 39.5 Å². The second kappa shape index (κ2) is 5.37. The highest BCUT2D eigenvalue weighted by Crippen LogP contribution is 2.19. The van der Waals surface area contributed by atoms with Crippen molar-refractivity contribution in [3.63, 3.8) is 0 Å². The standard InChI is InChI=1S/C11H18N2O3S/c1-4-12(2)10-5-7-11(8-6-10)13(3)9-17(14,15)16/h5-8H,4,9H2,1-3H3,(H,14,15,16). The van der Waals surface area contributed by atoms with E-state index in [1.807, 2.05) is 31.3 Å². The lowest BCUT2D eigenvalue weighted by atomic mass is 10.2. The van der Waals surface area contributed by atoms with E-state index in [1.165, 1.54) is 4.90 Å². The number of hydrogen-bond acceptors (Lipinski definition) is 4. The van der Waals surface area contributed by atoms with Crippen LogP contribution in [0.5, 0.6) is 0 Å². The Morgan fingerprint density at radius 2 is 1.47 bits per heavy atom. The molecule has 0 spiro atoms. The molecule has 0 atom stereocenters. The van der Waals surface area contributed by atoms with Crippen molar-refractivity contribution >= 4 is 21.5 Å². The quantitative estimate of drug-likeness (QED) is 0.809. The lowest BCUT2D eigenvalue weighted by molar-refractivity contribution is 0.482. The Bertz CT molecular complexity index is 456. The van der Waals surface area contributed by atoms with Gasteiger partial charge in [-0.15, -0.1) is 0 Å². The van der Waals surface area contributed by atoms with Crippen LogP contribution in [0.3, 0.4) is 0 Å². The van der Waals surface area contributed by atoms with Gasteiger partial charge in [0, 0.05) is 32.0 Å². The summed E-state index contributed by atoms with van der Waals surface area (Å²) in [5, 5.41) is 0. The topological polar surface area (TPSA) is 60.9 Å². The molecule has 96 valence electrons. The van der Waals surface area contributed by atoms with Crippen molar-refractivity contribution in [2.24, 2.45) is 0 Å². The summed E-state index contributed by atoms with van der Waals surface area (Å²) in [7, 11) is -0.387. The summed E-state index contributed by atoms with van der Waals surface area (Å²) in [6.45, 7) is 2.96. The average Bonchev–Trinajstić information content (AvgIpc) is 2.26. The first-order valence-corrected chi connectivity index (χ1v) is 6.92. The summed E-state index contributed by atoms with van der Waals surface area (Å²) in [5.74, 6) is -0.407. The number of hydrogen-bond donors (Lipinski definition) is 1. The Morgan fingerprint density at radius 3 is 1.82 bits per heavy atom. The van der Waals surface area contributed by atoms with Crippen molar-refractivity contribution in [1.82, 2.24) is 0 Å². The minimum Gasteiger partial charge on any atom is -0.375 e. The van der Waals surface area contributed by atoms with Crippen molar-refractivity contribution in [2.75, 3.05) is 36.3 Å². The molecule has 0 aliphatic heterocycles. The number of rotatable bonds is 5. The zero-order valence-corrected chi connectivity index (χ0v) is 11.1. The van der Waals surface area contributed by atoms with E-state index >= 15 is 0 Å². The third-order valence-electron chi connectivity index (χ3n) is 2.56. The van der Waals surface area contributed by atoms with E-state index in [0.29, 0.717) is 0 Å². The molecule has 1 N–H and O–H groups in total. The Kier molecular flexibility index (Phi) is 4.36. The van der Waals surface area contributed by atoms with E-state index < -0.39 is 16.0 Å². The molecule has 0 bridgehead atoms. The van der Waals surface area contributed by atoms with Crippen LogP contribution < -0.4 is 9.80 Å². The van der Waals surface area contributed by atoms with E-state index in [4.69, 9.17) is 4.55 Å². The summed E-state index contributed by atoms with van der Waals surface area (Å²) in [6, 6.07) is 7.48. The van der Waals surface area contributed by atoms with Crippen LogP contribution in [0.2, 0.25) is 0 Å². The molecular weight excluding hydrogens is 240 g/mol. The van der Waals surface area contributed by atoms with Gasteiger partial charge in [0.25, 0.3) is 10.1 Å². The minimum atomic E-state index is -3.99. The molecular formula is C11H18N2O3S. The predicted octanol–water partition coefficient (Wildman–Crippen LogP) is 1.42. The molecule has 5 nitrogen and oxygen atoms in total. The lowest BCUT2D eigenvalue weighted by Gasteiger charge is -2.20. The fourth-order valence-corrected chi connectivity index (χ4v) is 2.10. The van der Waals surface area contributed by atoms with Crippen molar-refractivity contribution in [2.45, 2.75) is 6.92 Å². The Hall–Kier alpha value is -1.27. The van der Waals surface area contributed by atoms with Gasteiger partial charge >= 0.3 is 0 Å². The molecule has 0 fully saturated rings. The third-order valence-corrected chi connectivity index (χ3v) is 3.28. The smallest absolute Gasteiger partial charge is 0.283 e. The maximum Gasteiger partial charge on any atom is 0.283 e. The Balaban J connectivity index is 2.80. The summed E-state index contributed by atoms with van der Waals surface area (Å²) in [4.78, 5) is 3.55. The van der Waals surface area contributed by atoms with Gasteiger partial charge in [-0.1, -0.05) is 0 Å². The fourth-order valence-electron chi connectivity index (χ4n) is 1.46. The molecule has 17 heavy (non-hydrogen) atoms. The van der Waals surface area contributed by atoms with E-state index in [2.05, 4.69) is 11.8 Å². The fraction of sp³-hybridized carbons (Fsp3) is 0.455. The van der Waals surface area contributed by atoms with Crippen molar-refractivity contribution in [3.05, 3.63) is 24.3 Å². The van der Waals surface area contributed by atoms with Gasteiger partial charge in [-0.2, -0.15) is 8.42 Å². The first kappa shape index (κ1) is 13.8. The van der Waals surface area contributed by atoms with Gasteiger partial charge in [0.2, 0.25) is 0 Å². The monoisotopic (exact) mass is 258 g/mol. The number of nitrogens with zero attached hydrogens (tertiary/aromatic N) is 2. The maximum atomic E-state index is 10.7. The van der Waals surface area contributed by atoms with Gasteiger partial charge in [-0.05, 0) is 31.2 Å². The third kappa shape index (κ3) is 4.24. The van der Waals surface area contributed by atoms with Crippen molar-refractivity contribution < 1.29 is 13.0 Å². The van der Waals surface area contributed by atoms with Gasteiger partial charge in [0.05, 0.1) is 0 Å². The average molecular weight is 258 g/mol. The molecule has 0 aromatic heterocycles. The molecule has 0 aliphatic rings. The van der Waals surface area contributed by atoms with Crippen LogP contribution in [0, 0.1) is 0 Å². The SMILES string of the molecule is CCN(C)c1ccc(N(C)CS(=O)(=O)O)cc1. The molecule has 0 saturated heterocycles. The van der Waals surface area contributed by atoms with Crippen LogP contribution in [0.4, 0.5) is 11.4 Å². The number of anilines is 2. The first-order chi connectivity index (χ1) is 7.83. The molecule has 0 amide bonds. The molecule has 1 aromatic carbocycles. The Labute approximate surface area is 102 Å². The van der Waals surface area contributed by atoms with Crippen LogP contribution in [0.15, 0.2) is 24.3 Å². The molecule has 1 aromatic rings. The van der Waals surface area contributed by atoms with E-state index in [-0.39, 0.29) is 0 Å².